The second kappa shape index (κ2) is 11.0. The van der Waals surface area contributed by atoms with Crippen molar-refractivity contribution in [3.8, 4) is 44.9 Å². The molecule has 0 N–H and O–H groups in total. The predicted octanol–water partition coefficient (Wildman–Crippen LogP) is 12.6. The Balaban J connectivity index is 1.19. The zero-order chi connectivity index (χ0) is 33.5. The molecule has 0 bridgehead atoms. The molecule has 0 saturated carbocycles. The van der Waals surface area contributed by atoms with Crippen molar-refractivity contribution in [2.75, 3.05) is 0 Å². The van der Waals surface area contributed by atoms with Gasteiger partial charge >= 0.3 is 0 Å². The molecule has 51 heavy (non-hydrogen) atoms. The molecule has 0 spiro atoms. The molecule has 0 atom stereocenters. The van der Waals surface area contributed by atoms with Gasteiger partial charge in [-0.15, -0.1) is 0 Å². The minimum atomic E-state index is 0.919. The first-order valence-electron chi connectivity index (χ1n) is 17.7. The number of hydrogen-bond acceptors (Lipinski definition) is 1. The van der Waals surface area contributed by atoms with Gasteiger partial charge in [0.25, 0.3) is 0 Å². The zero-order valence-electron chi connectivity index (χ0n) is 27.9. The minimum Gasteiger partial charge on any atom is -0.455 e. The molecule has 0 amide bonds. The van der Waals surface area contributed by atoms with E-state index in [4.69, 9.17) is 4.42 Å². The highest BCUT2D eigenvalue weighted by Gasteiger charge is 2.32. The number of fused-ring (bicyclic) bond motifs is 11. The van der Waals surface area contributed by atoms with Gasteiger partial charge in [0.1, 0.15) is 11.2 Å². The van der Waals surface area contributed by atoms with Gasteiger partial charge in [-0.05, 0) is 89.2 Å². The number of hydrogen-bond donors (Lipinski definition) is 0. The van der Waals surface area contributed by atoms with Gasteiger partial charge in [0.15, 0.2) is 0 Å². The number of para-hydroxylation sites is 2. The van der Waals surface area contributed by atoms with E-state index in [1.165, 1.54) is 77.6 Å². The maximum Gasteiger partial charge on any atom is 0.145 e. The average Bonchev–Trinajstić information content (AvgIpc) is 3.86. The highest BCUT2D eigenvalue weighted by molar-refractivity contribution is 6.18. The van der Waals surface area contributed by atoms with Crippen molar-refractivity contribution in [3.63, 3.8) is 0 Å². The molecule has 0 aliphatic heterocycles. The zero-order valence-corrected chi connectivity index (χ0v) is 27.9. The van der Waals surface area contributed by atoms with Crippen LogP contribution < -0.4 is 0 Å². The summed E-state index contributed by atoms with van der Waals surface area (Å²) in [5.74, 6) is 0. The second-order valence-electron chi connectivity index (χ2n) is 13.6. The summed E-state index contributed by atoms with van der Waals surface area (Å²) in [5, 5.41) is 4.83. The molecule has 0 fully saturated rings. The summed E-state index contributed by atoms with van der Waals surface area (Å²) >= 11 is 0. The molecule has 1 aliphatic carbocycles. The van der Waals surface area contributed by atoms with Gasteiger partial charge in [-0.25, -0.2) is 0 Å². The lowest BCUT2D eigenvalue weighted by Gasteiger charge is -2.20. The first-order chi connectivity index (χ1) is 25.3. The molecular weight excluding hydrogens is 621 g/mol. The summed E-state index contributed by atoms with van der Waals surface area (Å²) < 4.78 is 11.7. The van der Waals surface area contributed by atoms with E-state index in [1.54, 1.807) is 0 Å². The van der Waals surface area contributed by atoms with E-state index in [9.17, 15) is 0 Å². The van der Waals surface area contributed by atoms with Crippen LogP contribution in [0.15, 0.2) is 174 Å². The first-order valence-corrected chi connectivity index (χ1v) is 17.7. The van der Waals surface area contributed by atoms with Crippen LogP contribution in [0.5, 0.6) is 0 Å². The Labute approximate surface area is 295 Å². The Morgan fingerprint density at radius 1 is 0.412 bits per heavy atom. The number of aromatic nitrogens is 2. The lowest BCUT2D eigenvalue weighted by molar-refractivity contribution is 0.672. The fourth-order valence-corrected chi connectivity index (χ4v) is 8.60. The van der Waals surface area contributed by atoms with Crippen LogP contribution in [-0.4, -0.2) is 9.13 Å². The Bertz CT molecular complexity index is 2920. The third-order valence-corrected chi connectivity index (χ3v) is 10.9. The lowest BCUT2D eigenvalue weighted by Crippen LogP contribution is -2.09. The highest BCUT2D eigenvalue weighted by Crippen LogP contribution is 2.49. The van der Waals surface area contributed by atoms with Crippen LogP contribution >= 0.6 is 0 Å². The molecule has 1 aliphatic rings. The van der Waals surface area contributed by atoms with Crippen molar-refractivity contribution < 1.29 is 4.42 Å². The van der Waals surface area contributed by atoms with Crippen molar-refractivity contribution in [2.24, 2.45) is 0 Å². The van der Waals surface area contributed by atoms with Crippen molar-refractivity contribution >= 4 is 43.7 Å². The van der Waals surface area contributed by atoms with Gasteiger partial charge in [-0.1, -0.05) is 121 Å². The summed E-state index contributed by atoms with van der Waals surface area (Å²) in [6.45, 7) is 0. The monoisotopic (exact) mass is 652 g/mol. The minimum absolute atomic E-state index is 0.919. The topological polar surface area (TPSA) is 23.0 Å². The molecular formula is C48H32N2O. The van der Waals surface area contributed by atoms with Crippen LogP contribution in [0.1, 0.15) is 11.3 Å². The maximum absolute atomic E-state index is 6.74. The highest BCUT2D eigenvalue weighted by atomic mass is 16.3. The van der Waals surface area contributed by atoms with Crippen molar-refractivity contribution in [2.45, 2.75) is 12.8 Å². The molecule has 11 rings (SSSR count). The van der Waals surface area contributed by atoms with Crippen molar-refractivity contribution in [3.05, 3.63) is 181 Å². The van der Waals surface area contributed by atoms with Crippen LogP contribution in [0.3, 0.4) is 0 Å². The summed E-state index contributed by atoms with van der Waals surface area (Å²) in [4.78, 5) is 0. The van der Waals surface area contributed by atoms with Gasteiger partial charge in [-0.3, -0.25) is 0 Å². The normalized spacial score (nSPS) is 12.5. The molecule has 7 aromatic carbocycles. The van der Waals surface area contributed by atoms with E-state index >= 15 is 0 Å². The largest absolute Gasteiger partial charge is 0.455 e. The molecule has 0 saturated heterocycles. The SMILES string of the molecule is c1ccc(-c2ccc(-n3c4c(c5ccccc53)-c3c(c5c6oc7ccccc7c6ccc5n3-c3ccc(-c5ccccc5)cc3)CC4)cc2)cc1. The fraction of sp³-hybridized carbons (Fsp3) is 0.0417. The van der Waals surface area contributed by atoms with Crippen molar-refractivity contribution in [1.29, 1.82) is 0 Å². The number of aryl methyl sites for hydroxylation is 1. The van der Waals surface area contributed by atoms with E-state index in [-0.39, 0.29) is 0 Å². The molecule has 3 aromatic heterocycles. The standard InChI is InChI=1S/C48H32N2O/c1-3-11-31(12-4-1)33-19-23-35(24-20-33)49-41-17-9-7-16-39(41)45-42(49)30-28-40-46-43(29-27-38-37-15-8-10-18-44(37)51-48(38)46)50(47(40)45)36-25-21-34(22-26-36)32-13-5-2-6-14-32/h1-27,29H,28,30H2. The maximum atomic E-state index is 6.74. The summed E-state index contributed by atoms with van der Waals surface area (Å²) in [7, 11) is 0. The quantitative estimate of drug-likeness (QED) is 0.186. The Hall–Kier alpha value is -6.58. The van der Waals surface area contributed by atoms with Crippen LogP contribution in [0.4, 0.5) is 0 Å². The Kier molecular flexibility index (Phi) is 6.08. The van der Waals surface area contributed by atoms with Gasteiger partial charge in [0.2, 0.25) is 0 Å². The van der Waals surface area contributed by atoms with Gasteiger partial charge < -0.3 is 13.6 Å². The number of rotatable bonds is 4. The smallest absolute Gasteiger partial charge is 0.145 e. The molecule has 3 heteroatoms. The second-order valence-corrected chi connectivity index (χ2v) is 13.6. The molecule has 3 heterocycles. The lowest BCUT2D eigenvalue weighted by atomic mass is 9.91. The molecule has 3 nitrogen and oxygen atoms in total. The fourth-order valence-electron chi connectivity index (χ4n) is 8.60. The van der Waals surface area contributed by atoms with Crippen LogP contribution in [0.25, 0.3) is 88.6 Å². The predicted molar refractivity (Wildman–Crippen MR) is 211 cm³/mol. The molecule has 0 radical (unpaired) electrons. The van der Waals surface area contributed by atoms with Gasteiger partial charge in [0.05, 0.1) is 16.7 Å². The molecule has 0 unspecified atom stereocenters. The van der Waals surface area contributed by atoms with E-state index in [1.807, 2.05) is 0 Å². The summed E-state index contributed by atoms with van der Waals surface area (Å²) in [5.41, 5.74) is 16.8. The van der Waals surface area contributed by atoms with E-state index < -0.39 is 0 Å². The Morgan fingerprint density at radius 3 is 1.67 bits per heavy atom. The number of benzene rings is 7. The molecule has 240 valence electrons. The van der Waals surface area contributed by atoms with Gasteiger partial charge in [0, 0.05) is 44.2 Å². The van der Waals surface area contributed by atoms with Crippen molar-refractivity contribution in [1.82, 2.24) is 9.13 Å². The first kappa shape index (κ1) is 28.3. The number of furan rings is 1. The van der Waals surface area contributed by atoms with Gasteiger partial charge in [-0.2, -0.15) is 0 Å². The van der Waals surface area contributed by atoms with Crippen LogP contribution in [0.2, 0.25) is 0 Å². The molecule has 10 aromatic rings. The number of nitrogens with zero attached hydrogens (tertiary/aromatic N) is 2. The Morgan fingerprint density at radius 2 is 0.980 bits per heavy atom. The average molecular weight is 653 g/mol. The van der Waals surface area contributed by atoms with E-state index in [0.717, 1.165) is 35.1 Å². The third kappa shape index (κ3) is 4.18. The summed E-state index contributed by atoms with van der Waals surface area (Å²) in [6.07, 6.45) is 1.85. The van der Waals surface area contributed by atoms with Crippen LogP contribution in [-0.2, 0) is 12.8 Å². The van der Waals surface area contributed by atoms with E-state index in [2.05, 4.69) is 179 Å². The third-order valence-electron chi connectivity index (χ3n) is 10.9. The van der Waals surface area contributed by atoms with E-state index in [0.29, 0.717) is 0 Å². The van der Waals surface area contributed by atoms with Crippen LogP contribution in [0, 0.1) is 0 Å². The summed E-state index contributed by atoms with van der Waals surface area (Å²) in [6, 6.07) is 61.3.